The normalized spacial score (nSPS) is 16.1. The summed E-state index contributed by atoms with van der Waals surface area (Å²) < 4.78 is 0.470. The molecule has 2 heterocycles. The number of amides is 6. The van der Waals surface area contributed by atoms with Gasteiger partial charge in [0.15, 0.2) is 0 Å². The highest BCUT2D eigenvalue weighted by Gasteiger charge is 2.41. The van der Waals surface area contributed by atoms with Crippen molar-refractivity contribution in [1.82, 2.24) is 31.5 Å². The molecule has 0 atom stereocenters. The summed E-state index contributed by atoms with van der Waals surface area (Å²) in [6.07, 6.45) is 0.471. The monoisotopic (exact) mass is 738 g/mol. The zero-order valence-electron chi connectivity index (χ0n) is 23.6. The second-order valence-corrected chi connectivity index (χ2v) is 13.7. The number of carbonyl (C=O) groups excluding carboxylic acids is 6. The molecule has 2 fully saturated rings. The first-order valence-corrected chi connectivity index (χ1v) is 16.7. The van der Waals surface area contributed by atoms with E-state index >= 15 is 0 Å². The van der Waals surface area contributed by atoms with Crippen LogP contribution < -0.4 is 21.7 Å². The fourth-order valence-electron chi connectivity index (χ4n) is 3.98. The van der Waals surface area contributed by atoms with Crippen molar-refractivity contribution < 1.29 is 28.8 Å². The molecule has 2 aliphatic rings. The molecule has 2 aliphatic heterocycles. The van der Waals surface area contributed by atoms with Crippen LogP contribution >= 0.6 is 71.2 Å². The van der Waals surface area contributed by atoms with Gasteiger partial charge in [0, 0.05) is 47.1 Å². The minimum absolute atomic E-state index is 0.00616. The van der Waals surface area contributed by atoms with Crippen molar-refractivity contribution in [3.8, 4) is 0 Å². The van der Waals surface area contributed by atoms with Gasteiger partial charge in [-0.3, -0.25) is 60.3 Å². The number of hydrazine groups is 2. The van der Waals surface area contributed by atoms with Crippen molar-refractivity contribution in [2.45, 2.75) is 25.7 Å². The first kappa shape index (κ1) is 35.3. The van der Waals surface area contributed by atoms with Crippen molar-refractivity contribution in [2.24, 2.45) is 0 Å². The average Bonchev–Trinajstić information content (AvgIpc) is 3.47. The number of carbonyl (C=O) groups is 6. The molecule has 2 saturated heterocycles. The van der Waals surface area contributed by atoms with Crippen molar-refractivity contribution in [3.63, 3.8) is 0 Å². The largest absolute Gasteiger partial charge is 0.293 e. The number of nitrogens with zero attached hydrogens (tertiary/aromatic N) is 2. The molecule has 46 heavy (non-hydrogen) atoms. The van der Waals surface area contributed by atoms with Crippen molar-refractivity contribution in [2.75, 3.05) is 13.1 Å². The van der Waals surface area contributed by atoms with Gasteiger partial charge in [0.05, 0.1) is 9.81 Å². The molecule has 0 aliphatic carbocycles. The maximum absolute atomic E-state index is 13.2. The molecule has 0 aromatic heterocycles. The molecule has 12 nitrogen and oxygen atoms in total. The quantitative estimate of drug-likeness (QED) is 0.161. The van der Waals surface area contributed by atoms with E-state index in [2.05, 4.69) is 21.7 Å². The van der Waals surface area contributed by atoms with Crippen molar-refractivity contribution >= 4 is 115 Å². The Kier molecular flexibility index (Phi) is 12.5. The van der Waals surface area contributed by atoms with Gasteiger partial charge in [-0.2, -0.15) is 0 Å². The maximum atomic E-state index is 13.2. The Morgan fingerprint density at radius 1 is 0.609 bits per heavy atom. The van der Waals surface area contributed by atoms with Crippen LogP contribution in [0.5, 0.6) is 0 Å². The molecule has 0 radical (unpaired) electrons. The first-order chi connectivity index (χ1) is 21.9. The summed E-state index contributed by atoms with van der Waals surface area (Å²) in [5.74, 6) is -2.90. The predicted molar refractivity (Wildman–Crippen MR) is 183 cm³/mol. The highest BCUT2D eigenvalue weighted by atomic mass is 35.5. The van der Waals surface area contributed by atoms with Gasteiger partial charge in [-0.25, -0.2) is 0 Å². The highest BCUT2D eigenvalue weighted by molar-refractivity contribution is 8.29. The van der Waals surface area contributed by atoms with Gasteiger partial charge < -0.3 is 0 Å². The Bertz CT molecular complexity index is 1520. The van der Waals surface area contributed by atoms with Crippen LogP contribution in [0.2, 0.25) is 10.0 Å². The molecule has 0 unspecified atom stereocenters. The molecule has 2 aromatic carbocycles. The molecular formula is C28H24Cl2N6O6S4. The van der Waals surface area contributed by atoms with E-state index in [9.17, 15) is 28.8 Å². The molecule has 18 heteroatoms. The number of nitrogens with one attached hydrogen (secondary N) is 4. The first-order valence-electron chi connectivity index (χ1n) is 13.5. The maximum Gasteiger partial charge on any atom is 0.269 e. The lowest BCUT2D eigenvalue weighted by Crippen LogP contribution is -2.42. The molecule has 4 rings (SSSR count). The minimum atomic E-state index is -0.513. The SMILES string of the molecule is O=C(CCCN1C(=O)/C(=C2\SC(=S)N(CCCC(=O)NNC(=O)c3ccc(Cl)cc3)C2=O)SC1=S)NNC(=O)c1ccc(Cl)cc1. The smallest absolute Gasteiger partial charge is 0.269 e. The van der Waals surface area contributed by atoms with Crippen molar-refractivity contribution in [3.05, 3.63) is 79.5 Å². The van der Waals surface area contributed by atoms with Crippen LogP contribution in [-0.4, -0.2) is 67.0 Å². The van der Waals surface area contributed by atoms with E-state index in [0.29, 0.717) is 21.2 Å². The molecule has 0 spiro atoms. The lowest BCUT2D eigenvalue weighted by Gasteiger charge is -2.15. The van der Waals surface area contributed by atoms with Crippen LogP contribution in [0.4, 0.5) is 0 Å². The van der Waals surface area contributed by atoms with E-state index in [4.69, 9.17) is 47.6 Å². The van der Waals surface area contributed by atoms with E-state index in [1.165, 1.54) is 34.1 Å². The number of hydrogen-bond donors (Lipinski definition) is 4. The Morgan fingerprint density at radius 2 is 0.957 bits per heavy atom. The summed E-state index contributed by atoms with van der Waals surface area (Å²) in [6, 6.07) is 12.3. The number of hydrogen-bond acceptors (Lipinski definition) is 10. The lowest BCUT2D eigenvalue weighted by atomic mass is 10.2. The second-order valence-electron chi connectivity index (χ2n) is 9.53. The van der Waals surface area contributed by atoms with Gasteiger partial charge in [0.2, 0.25) is 11.8 Å². The summed E-state index contributed by atoms with van der Waals surface area (Å²) in [7, 11) is 0. The fraction of sp³-hybridized carbons (Fsp3) is 0.214. The zero-order chi connectivity index (χ0) is 33.4. The molecule has 6 amide bonds. The van der Waals surface area contributed by atoms with Gasteiger partial charge in [0.1, 0.15) is 8.64 Å². The van der Waals surface area contributed by atoms with E-state index in [1.54, 1.807) is 24.3 Å². The molecular weight excluding hydrogens is 716 g/mol. The summed E-state index contributed by atoms with van der Waals surface area (Å²) in [5, 5.41) is 0.945. The predicted octanol–water partition coefficient (Wildman–Crippen LogP) is 3.71. The zero-order valence-corrected chi connectivity index (χ0v) is 28.4. The van der Waals surface area contributed by atoms with Crippen LogP contribution in [0, 0.1) is 0 Å². The molecule has 240 valence electrons. The van der Waals surface area contributed by atoms with Gasteiger partial charge >= 0.3 is 0 Å². The number of thiocarbonyl (C=S) groups is 2. The van der Waals surface area contributed by atoms with Crippen molar-refractivity contribution in [1.29, 1.82) is 0 Å². The van der Waals surface area contributed by atoms with Crippen LogP contribution in [0.15, 0.2) is 58.3 Å². The molecule has 2 aromatic rings. The van der Waals surface area contributed by atoms with Gasteiger partial charge in [-0.05, 0) is 61.4 Å². The summed E-state index contributed by atoms with van der Waals surface area (Å²) >= 11 is 24.3. The number of halogens is 2. The Hall–Kier alpha value is -3.54. The van der Waals surface area contributed by atoms with E-state index in [0.717, 1.165) is 23.5 Å². The van der Waals surface area contributed by atoms with E-state index in [1.807, 2.05) is 0 Å². The number of thioether (sulfide) groups is 2. The third kappa shape index (κ3) is 9.27. The average molecular weight is 740 g/mol. The van der Waals surface area contributed by atoms with E-state index < -0.39 is 35.4 Å². The number of rotatable bonds is 10. The fourth-order valence-corrected chi connectivity index (χ4v) is 7.00. The third-order valence-electron chi connectivity index (χ3n) is 6.32. The Morgan fingerprint density at radius 3 is 1.30 bits per heavy atom. The van der Waals surface area contributed by atoms with Crippen LogP contribution in [-0.2, 0) is 19.2 Å². The topological polar surface area (TPSA) is 157 Å². The van der Waals surface area contributed by atoms with E-state index in [-0.39, 0.29) is 57.2 Å². The van der Waals surface area contributed by atoms with Gasteiger partial charge in [-0.1, -0.05) is 71.2 Å². The minimum Gasteiger partial charge on any atom is -0.293 e. The lowest BCUT2D eigenvalue weighted by molar-refractivity contribution is -0.125. The number of benzene rings is 2. The molecule has 4 N–H and O–H groups in total. The second kappa shape index (κ2) is 16.3. The Labute approximate surface area is 292 Å². The van der Waals surface area contributed by atoms with Crippen LogP contribution in [0.1, 0.15) is 46.4 Å². The molecule has 0 bridgehead atoms. The third-order valence-corrected chi connectivity index (χ3v) is 9.85. The van der Waals surface area contributed by atoms with Crippen LogP contribution in [0.3, 0.4) is 0 Å². The Balaban J connectivity index is 1.20. The standard InChI is InChI=1S/C28H24Cl2N6O6S4/c29-17-9-5-15(6-10-17)23(39)33-31-19(37)3-1-13-35-25(41)21(45-27(35)43)22-26(42)36(28(44)46-22)14-2-4-20(38)32-34-24(40)16-7-11-18(30)12-8-16/h5-12H,1-4,13-14H2,(H,31,37)(H,32,38)(H,33,39)(H,34,40)/b22-21+. The van der Waals surface area contributed by atoms with Crippen LogP contribution in [0.25, 0.3) is 0 Å². The molecule has 0 saturated carbocycles. The van der Waals surface area contributed by atoms with Gasteiger partial charge in [0.25, 0.3) is 23.6 Å². The summed E-state index contributed by atoms with van der Waals surface area (Å²) in [4.78, 5) is 77.9. The van der Waals surface area contributed by atoms with Gasteiger partial charge in [-0.15, -0.1) is 0 Å². The highest BCUT2D eigenvalue weighted by Crippen LogP contribution is 2.42. The summed E-state index contributed by atoms with van der Waals surface area (Å²) in [6.45, 7) is 0.243. The summed E-state index contributed by atoms with van der Waals surface area (Å²) in [5.41, 5.74) is 9.89.